The van der Waals surface area contributed by atoms with E-state index in [2.05, 4.69) is 37.3 Å². The van der Waals surface area contributed by atoms with Crippen LogP contribution >= 0.6 is 0 Å². The Balaban J connectivity index is 2.49. The van der Waals surface area contributed by atoms with Crippen molar-refractivity contribution in [3.8, 4) is 0 Å². The Labute approximate surface area is 113 Å². The first-order valence-electron chi connectivity index (χ1n) is 6.27. The van der Waals surface area contributed by atoms with E-state index < -0.39 is 0 Å². The zero-order valence-corrected chi connectivity index (χ0v) is 11.8. The molecule has 0 saturated carbocycles. The van der Waals surface area contributed by atoms with Crippen molar-refractivity contribution < 1.29 is 9.53 Å². The minimum atomic E-state index is -0.365. The third kappa shape index (κ3) is 2.76. The highest BCUT2D eigenvalue weighted by atomic mass is 16.5. The summed E-state index contributed by atoms with van der Waals surface area (Å²) in [5.41, 5.74) is 2.19. The number of ether oxygens (including phenoxy) is 1. The predicted octanol–water partition coefficient (Wildman–Crippen LogP) is 2.92. The minimum Gasteiger partial charge on any atom is -0.468 e. The second-order valence-electron chi connectivity index (χ2n) is 5.00. The van der Waals surface area contributed by atoms with Gasteiger partial charge in [-0.15, -0.1) is 0 Å². The van der Waals surface area contributed by atoms with Gasteiger partial charge in [0.1, 0.15) is 6.04 Å². The van der Waals surface area contributed by atoms with Crippen LogP contribution in [0, 0.1) is 6.92 Å². The number of aryl methyl sites for hydroxylation is 1. The topological polar surface area (TPSA) is 29.5 Å². The molecule has 0 heterocycles. The molecule has 3 nitrogen and oxygen atoms in total. The van der Waals surface area contributed by atoms with E-state index in [1.807, 2.05) is 25.1 Å². The Morgan fingerprint density at radius 1 is 1.11 bits per heavy atom. The highest BCUT2D eigenvalue weighted by molar-refractivity contribution is 5.86. The van der Waals surface area contributed by atoms with Gasteiger partial charge in [0, 0.05) is 0 Å². The summed E-state index contributed by atoms with van der Waals surface area (Å²) < 4.78 is 4.88. The molecule has 2 rings (SSSR count). The van der Waals surface area contributed by atoms with Gasteiger partial charge in [-0.05, 0) is 43.4 Å². The quantitative estimate of drug-likeness (QED) is 0.792. The number of carbonyl (C=O) groups is 1. The first-order valence-corrected chi connectivity index (χ1v) is 6.27. The molecule has 2 aromatic carbocycles. The van der Waals surface area contributed by atoms with E-state index in [1.54, 1.807) is 0 Å². The van der Waals surface area contributed by atoms with Crippen molar-refractivity contribution in [1.82, 2.24) is 4.90 Å². The van der Waals surface area contributed by atoms with Gasteiger partial charge in [-0.3, -0.25) is 4.90 Å². The van der Waals surface area contributed by atoms with Gasteiger partial charge in [-0.2, -0.15) is 0 Å². The minimum absolute atomic E-state index is 0.239. The lowest BCUT2D eigenvalue weighted by Crippen LogP contribution is -2.28. The molecule has 0 aliphatic rings. The Morgan fingerprint density at radius 2 is 1.74 bits per heavy atom. The summed E-state index contributed by atoms with van der Waals surface area (Å²) in [5, 5.41) is 2.32. The van der Waals surface area contributed by atoms with Crippen LogP contribution in [0.25, 0.3) is 10.8 Å². The maximum absolute atomic E-state index is 11.9. The van der Waals surface area contributed by atoms with Crippen LogP contribution in [0.15, 0.2) is 36.4 Å². The number of hydrogen-bond acceptors (Lipinski definition) is 3. The highest BCUT2D eigenvalue weighted by Gasteiger charge is 2.23. The molecule has 0 radical (unpaired) electrons. The maximum Gasteiger partial charge on any atom is 0.327 e. The molecule has 0 N–H and O–H groups in total. The number of fused-ring (bicyclic) bond motifs is 1. The molecule has 0 bridgehead atoms. The van der Waals surface area contributed by atoms with E-state index in [0.717, 1.165) is 10.9 Å². The molecule has 2 aromatic rings. The van der Waals surface area contributed by atoms with Crippen LogP contribution in [-0.4, -0.2) is 32.1 Å². The summed E-state index contributed by atoms with van der Waals surface area (Å²) in [5.74, 6) is -0.239. The molecule has 0 aliphatic carbocycles. The first-order chi connectivity index (χ1) is 9.02. The molecule has 3 heteroatoms. The average molecular weight is 257 g/mol. The largest absolute Gasteiger partial charge is 0.468 e. The number of esters is 1. The number of likely N-dealkylation sites (N-methyl/N-ethyl adjacent to an activating group) is 1. The number of carbonyl (C=O) groups excluding carboxylic acids is 1. The Hall–Kier alpha value is -1.87. The molecular weight excluding hydrogens is 238 g/mol. The van der Waals surface area contributed by atoms with Crippen LogP contribution in [0.3, 0.4) is 0 Å². The van der Waals surface area contributed by atoms with Crippen molar-refractivity contribution in [2.45, 2.75) is 13.0 Å². The zero-order chi connectivity index (χ0) is 14.0. The number of nitrogens with zero attached hydrogens (tertiary/aromatic N) is 1. The SMILES string of the molecule is COC(=O)C(c1ccc2cc(C)ccc2c1)N(C)C. The molecule has 0 spiro atoms. The van der Waals surface area contributed by atoms with E-state index >= 15 is 0 Å². The Bertz CT molecular complexity index is 605. The van der Waals surface area contributed by atoms with E-state index in [0.29, 0.717) is 0 Å². The van der Waals surface area contributed by atoms with Crippen LogP contribution in [0.2, 0.25) is 0 Å². The van der Waals surface area contributed by atoms with Crippen LogP contribution in [-0.2, 0) is 9.53 Å². The van der Waals surface area contributed by atoms with E-state index in [4.69, 9.17) is 4.74 Å². The molecule has 100 valence electrons. The Kier molecular flexibility index (Phi) is 3.86. The smallest absolute Gasteiger partial charge is 0.327 e. The third-order valence-corrected chi connectivity index (χ3v) is 3.28. The van der Waals surface area contributed by atoms with Crippen LogP contribution in [0.1, 0.15) is 17.2 Å². The van der Waals surface area contributed by atoms with Gasteiger partial charge in [-0.25, -0.2) is 4.79 Å². The fourth-order valence-corrected chi connectivity index (χ4v) is 2.31. The fraction of sp³-hybridized carbons (Fsp3) is 0.312. The van der Waals surface area contributed by atoms with Crippen LogP contribution < -0.4 is 0 Å². The molecular formula is C16H19NO2. The van der Waals surface area contributed by atoms with Gasteiger partial charge in [0.05, 0.1) is 7.11 Å². The number of benzene rings is 2. The van der Waals surface area contributed by atoms with Crippen molar-refractivity contribution >= 4 is 16.7 Å². The van der Waals surface area contributed by atoms with Gasteiger partial charge in [0.25, 0.3) is 0 Å². The van der Waals surface area contributed by atoms with Crippen molar-refractivity contribution in [3.63, 3.8) is 0 Å². The number of rotatable bonds is 3. The first kappa shape index (κ1) is 13.6. The molecule has 0 fully saturated rings. The Morgan fingerprint density at radius 3 is 2.37 bits per heavy atom. The summed E-state index contributed by atoms with van der Waals surface area (Å²) in [6.07, 6.45) is 0. The molecule has 1 atom stereocenters. The van der Waals surface area contributed by atoms with Gasteiger partial charge < -0.3 is 4.74 Å². The highest BCUT2D eigenvalue weighted by Crippen LogP contribution is 2.25. The molecule has 1 unspecified atom stereocenters. The van der Waals surface area contributed by atoms with Crippen molar-refractivity contribution in [1.29, 1.82) is 0 Å². The molecule has 19 heavy (non-hydrogen) atoms. The third-order valence-electron chi connectivity index (χ3n) is 3.28. The number of hydrogen-bond donors (Lipinski definition) is 0. The maximum atomic E-state index is 11.9. The van der Waals surface area contributed by atoms with Gasteiger partial charge in [-0.1, -0.05) is 35.9 Å². The lowest BCUT2D eigenvalue weighted by molar-refractivity contribution is -0.146. The molecule has 0 aliphatic heterocycles. The summed E-state index contributed by atoms with van der Waals surface area (Å²) in [4.78, 5) is 13.7. The number of methoxy groups -OCH3 is 1. The zero-order valence-electron chi connectivity index (χ0n) is 11.8. The second kappa shape index (κ2) is 5.41. The lowest BCUT2D eigenvalue weighted by atomic mass is 10.00. The van der Waals surface area contributed by atoms with Crippen molar-refractivity contribution in [3.05, 3.63) is 47.5 Å². The summed E-state index contributed by atoms with van der Waals surface area (Å²) in [7, 11) is 5.17. The van der Waals surface area contributed by atoms with Gasteiger partial charge in [0.15, 0.2) is 0 Å². The summed E-state index contributed by atoms with van der Waals surface area (Å²) in [6.45, 7) is 2.07. The van der Waals surface area contributed by atoms with Crippen molar-refractivity contribution in [2.24, 2.45) is 0 Å². The standard InChI is InChI=1S/C16H19NO2/c1-11-5-6-13-10-14(8-7-12(13)9-11)15(17(2)3)16(18)19-4/h5-10,15H,1-4H3. The predicted molar refractivity (Wildman–Crippen MR) is 77.1 cm³/mol. The van der Waals surface area contributed by atoms with Gasteiger partial charge in [0.2, 0.25) is 0 Å². The van der Waals surface area contributed by atoms with Crippen molar-refractivity contribution in [2.75, 3.05) is 21.2 Å². The normalized spacial score (nSPS) is 12.7. The van der Waals surface area contributed by atoms with Crippen LogP contribution in [0.5, 0.6) is 0 Å². The molecule has 0 saturated heterocycles. The van der Waals surface area contributed by atoms with Gasteiger partial charge >= 0.3 is 5.97 Å². The summed E-state index contributed by atoms with van der Waals surface area (Å²) in [6, 6.07) is 12.0. The monoisotopic (exact) mass is 257 g/mol. The van der Waals surface area contributed by atoms with Crippen LogP contribution in [0.4, 0.5) is 0 Å². The van der Waals surface area contributed by atoms with E-state index in [-0.39, 0.29) is 12.0 Å². The second-order valence-corrected chi connectivity index (χ2v) is 5.00. The summed E-state index contributed by atoms with van der Waals surface area (Å²) >= 11 is 0. The van der Waals surface area contributed by atoms with E-state index in [9.17, 15) is 4.79 Å². The molecule has 0 amide bonds. The molecule has 0 aromatic heterocycles. The average Bonchev–Trinajstić information content (AvgIpc) is 2.38. The lowest BCUT2D eigenvalue weighted by Gasteiger charge is -2.22. The fourth-order valence-electron chi connectivity index (χ4n) is 2.31. The van der Waals surface area contributed by atoms with E-state index in [1.165, 1.54) is 18.1 Å².